The van der Waals surface area contributed by atoms with Crippen LogP contribution in [0.3, 0.4) is 0 Å². The third kappa shape index (κ3) is 3.75. The van der Waals surface area contributed by atoms with Gasteiger partial charge in [-0.05, 0) is 50.5 Å². The van der Waals surface area contributed by atoms with Crippen molar-refractivity contribution in [3.05, 3.63) is 51.7 Å². The van der Waals surface area contributed by atoms with Crippen molar-refractivity contribution in [1.82, 2.24) is 0 Å². The van der Waals surface area contributed by atoms with Gasteiger partial charge in [0.15, 0.2) is 5.43 Å². The minimum Gasteiger partial charge on any atom is -0.493 e. The molecule has 0 saturated carbocycles. The highest BCUT2D eigenvalue weighted by Crippen LogP contribution is 2.34. The zero-order valence-electron chi connectivity index (χ0n) is 14.8. The lowest BCUT2D eigenvalue weighted by atomic mass is 10.0. The van der Waals surface area contributed by atoms with E-state index >= 15 is 0 Å². The molecule has 0 saturated heterocycles. The molecule has 0 amide bonds. The van der Waals surface area contributed by atoms with E-state index in [1.807, 2.05) is 44.2 Å². The van der Waals surface area contributed by atoms with Crippen molar-refractivity contribution in [2.24, 2.45) is 0 Å². The fourth-order valence-electron chi connectivity index (χ4n) is 3.06. The summed E-state index contributed by atoms with van der Waals surface area (Å²) in [5.41, 5.74) is 1.93. The molecule has 0 atom stereocenters. The number of unbranched alkanes of at least 4 members (excludes halogenated alkanes) is 1. The zero-order valence-corrected chi connectivity index (χ0v) is 15.7. The molecule has 0 fully saturated rings. The highest BCUT2D eigenvalue weighted by molar-refractivity contribution is 7.24. The van der Waals surface area contributed by atoms with Crippen molar-refractivity contribution in [3.8, 4) is 5.75 Å². The average Bonchev–Trinajstić information content (AvgIpc) is 2.60. The molecule has 3 aromatic rings. The van der Waals surface area contributed by atoms with Crippen LogP contribution in [0.25, 0.3) is 20.2 Å². The van der Waals surface area contributed by atoms with E-state index in [-0.39, 0.29) is 12.0 Å². The molecular formula is C20H19BO4S. The Morgan fingerprint density at radius 1 is 1.12 bits per heavy atom. The topological polar surface area (TPSA) is 52.6 Å². The van der Waals surface area contributed by atoms with E-state index < -0.39 is 5.87 Å². The maximum absolute atomic E-state index is 12.9. The monoisotopic (exact) mass is 366 g/mol. The van der Waals surface area contributed by atoms with Crippen LogP contribution in [0.2, 0.25) is 0 Å². The van der Waals surface area contributed by atoms with Gasteiger partial charge < -0.3 is 9.47 Å². The predicted molar refractivity (Wildman–Crippen MR) is 107 cm³/mol. The van der Waals surface area contributed by atoms with E-state index in [2.05, 4.69) is 0 Å². The molecule has 0 spiro atoms. The maximum Gasteiger partial charge on any atom is 0.235 e. The smallest absolute Gasteiger partial charge is 0.235 e. The molecule has 132 valence electrons. The van der Waals surface area contributed by atoms with Crippen LogP contribution in [0.4, 0.5) is 4.79 Å². The van der Waals surface area contributed by atoms with Gasteiger partial charge in [0.25, 0.3) is 0 Å². The Labute approximate surface area is 157 Å². The van der Waals surface area contributed by atoms with Gasteiger partial charge in [0.1, 0.15) is 5.75 Å². The third-order valence-electron chi connectivity index (χ3n) is 4.28. The Morgan fingerprint density at radius 3 is 2.62 bits per heavy atom. The molecule has 3 rings (SSSR count). The lowest BCUT2D eigenvalue weighted by Gasteiger charge is -2.14. The quantitative estimate of drug-likeness (QED) is 0.366. The van der Waals surface area contributed by atoms with Gasteiger partial charge in [0.2, 0.25) is 13.7 Å². The first-order valence-electron chi connectivity index (χ1n) is 8.50. The molecule has 2 radical (unpaired) electrons. The highest BCUT2D eigenvalue weighted by atomic mass is 32.1. The summed E-state index contributed by atoms with van der Waals surface area (Å²) in [7, 11) is 4.92. The van der Waals surface area contributed by atoms with Crippen LogP contribution < -0.4 is 10.2 Å². The molecular weight excluding hydrogens is 347 g/mol. The fourth-order valence-corrected chi connectivity index (χ4v) is 4.30. The van der Waals surface area contributed by atoms with E-state index in [9.17, 15) is 9.59 Å². The largest absolute Gasteiger partial charge is 0.493 e. The van der Waals surface area contributed by atoms with Crippen molar-refractivity contribution in [2.45, 2.75) is 26.7 Å². The molecule has 0 bridgehead atoms. The normalized spacial score (nSPS) is 11.0. The fraction of sp³-hybridized carbons (Fsp3) is 0.300. The SMILES string of the molecule is [B]C(=O)OCCCCOc1c(C)cc2sc3ccccc3c(=O)c2c1C. The standard InChI is InChI=1S/C20H19BO4S/c1-12-11-16-17(18(22)14-7-3-4-8-15(14)26-16)13(2)19(12)24-9-5-6-10-25-20(21)23/h3-4,7-8,11H,5-6,9-10H2,1-2H3. The number of benzene rings is 2. The first-order chi connectivity index (χ1) is 12.5. The minimum atomic E-state index is -0.761. The second-order valence-electron chi connectivity index (χ2n) is 6.17. The summed E-state index contributed by atoms with van der Waals surface area (Å²) in [5, 5.41) is 1.47. The Hall–Kier alpha value is -2.34. The molecule has 4 nitrogen and oxygen atoms in total. The van der Waals surface area contributed by atoms with Gasteiger partial charge in [-0.3, -0.25) is 9.59 Å². The summed E-state index contributed by atoms with van der Waals surface area (Å²) < 4.78 is 12.6. The lowest BCUT2D eigenvalue weighted by molar-refractivity contribution is 0.167. The highest BCUT2D eigenvalue weighted by Gasteiger charge is 2.14. The molecule has 0 aliphatic heterocycles. The van der Waals surface area contributed by atoms with Gasteiger partial charge in [-0.25, -0.2) is 0 Å². The second kappa shape index (κ2) is 7.91. The Balaban J connectivity index is 1.87. The molecule has 6 heteroatoms. The van der Waals surface area contributed by atoms with E-state index in [1.165, 1.54) is 0 Å². The van der Waals surface area contributed by atoms with Gasteiger partial charge in [0.05, 0.1) is 13.2 Å². The van der Waals surface area contributed by atoms with Crippen LogP contribution in [-0.4, -0.2) is 26.9 Å². The van der Waals surface area contributed by atoms with Gasteiger partial charge in [-0.2, -0.15) is 0 Å². The van der Waals surface area contributed by atoms with E-state index in [0.29, 0.717) is 13.0 Å². The number of rotatable bonds is 6. The average molecular weight is 366 g/mol. The number of carbonyl (C=O) groups excluding carboxylic acids is 1. The first-order valence-corrected chi connectivity index (χ1v) is 9.31. The van der Waals surface area contributed by atoms with Gasteiger partial charge in [0, 0.05) is 25.7 Å². The third-order valence-corrected chi connectivity index (χ3v) is 5.39. The summed E-state index contributed by atoms with van der Waals surface area (Å²) >= 11 is 1.62. The lowest BCUT2D eigenvalue weighted by Crippen LogP contribution is -2.08. The summed E-state index contributed by atoms with van der Waals surface area (Å²) in [6, 6.07) is 9.70. The molecule has 2 aromatic carbocycles. The molecule has 1 heterocycles. The number of ether oxygens (including phenoxy) is 2. The molecule has 26 heavy (non-hydrogen) atoms. The van der Waals surface area contributed by atoms with Crippen molar-refractivity contribution >= 4 is 45.2 Å². The number of carbonyl (C=O) groups is 1. The minimum absolute atomic E-state index is 0.0477. The van der Waals surface area contributed by atoms with Crippen LogP contribution in [0.5, 0.6) is 5.75 Å². The molecule has 0 aliphatic carbocycles. The van der Waals surface area contributed by atoms with Crippen LogP contribution in [-0.2, 0) is 4.74 Å². The van der Waals surface area contributed by atoms with Crippen LogP contribution in [0, 0.1) is 13.8 Å². The molecule has 0 aliphatic rings. The summed E-state index contributed by atoms with van der Waals surface area (Å²) in [4.78, 5) is 23.5. The first kappa shape index (κ1) is 18.5. The summed E-state index contributed by atoms with van der Waals surface area (Å²) in [6.45, 7) is 4.70. The van der Waals surface area contributed by atoms with E-state index in [4.69, 9.17) is 17.3 Å². The number of hydrogen-bond donors (Lipinski definition) is 0. The van der Waals surface area contributed by atoms with Crippen molar-refractivity contribution in [2.75, 3.05) is 13.2 Å². The Morgan fingerprint density at radius 2 is 1.85 bits per heavy atom. The van der Waals surface area contributed by atoms with Crippen LogP contribution >= 0.6 is 11.3 Å². The van der Waals surface area contributed by atoms with Crippen LogP contribution in [0.15, 0.2) is 35.1 Å². The molecule has 1 aromatic heterocycles. The van der Waals surface area contributed by atoms with Crippen LogP contribution in [0.1, 0.15) is 24.0 Å². The molecule has 0 unspecified atom stereocenters. The van der Waals surface area contributed by atoms with Gasteiger partial charge in [-0.1, -0.05) is 12.1 Å². The van der Waals surface area contributed by atoms with Crippen molar-refractivity contribution in [3.63, 3.8) is 0 Å². The number of aryl methyl sites for hydroxylation is 2. The zero-order chi connectivity index (χ0) is 18.7. The Bertz CT molecular complexity index is 1030. The van der Waals surface area contributed by atoms with E-state index in [0.717, 1.165) is 43.5 Å². The predicted octanol–water partition coefficient (Wildman–Crippen LogP) is 4.50. The van der Waals surface area contributed by atoms with Crippen molar-refractivity contribution < 1.29 is 14.3 Å². The van der Waals surface area contributed by atoms with Crippen molar-refractivity contribution in [1.29, 1.82) is 0 Å². The number of fused-ring (bicyclic) bond motifs is 2. The molecule has 0 N–H and O–H groups in total. The van der Waals surface area contributed by atoms with E-state index in [1.54, 1.807) is 11.3 Å². The maximum atomic E-state index is 12.9. The Kier molecular flexibility index (Phi) is 5.62. The van der Waals surface area contributed by atoms with Gasteiger partial charge in [-0.15, -0.1) is 11.3 Å². The second-order valence-corrected chi connectivity index (χ2v) is 7.25. The van der Waals surface area contributed by atoms with Gasteiger partial charge >= 0.3 is 0 Å². The summed E-state index contributed by atoms with van der Waals surface area (Å²) in [5.74, 6) is -0.00325. The summed E-state index contributed by atoms with van der Waals surface area (Å²) in [6.07, 6.45) is 1.41. The number of hydrogen-bond acceptors (Lipinski definition) is 5.